The Hall–Kier alpha value is -2.66. The normalized spacial score (nSPS) is 11.1. The average Bonchev–Trinajstić information content (AvgIpc) is 3.07. The number of hydrogen-bond acceptors (Lipinski definition) is 3. The Balaban J connectivity index is 1.77. The van der Waals surface area contributed by atoms with Gasteiger partial charge in [0.1, 0.15) is 0 Å². The van der Waals surface area contributed by atoms with Crippen molar-refractivity contribution in [3.05, 3.63) is 60.3 Å². The highest BCUT2D eigenvalue weighted by atomic mass is 16.5. The van der Waals surface area contributed by atoms with Gasteiger partial charge in [0.25, 0.3) is 5.91 Å². The van der Waals surface area contributed by atoms with Crippen LogP contribution in [0.4, 0.5) is 0 Å². The summed E-state index contributed by atoms with van der Waals surface area (Å²) < 4.78 is 7.30. The van der Waals surface area contributed by atoms with E-state index in [1.54, 1.807) is 6.20 Å². The van der Waals surface area contributed by atoms with Crippen molar-refractivity contribution in [1.82, 2.24) is 14.9 Å². The van der Waals surface area contributed by atoms with E-state index < -0.39 is 0 Å². The first-order chi connectivity index (χ1) is 11.6. The minimum Gasteiger partial charge on any atom is -0.377 e. The number of amides is 1. The van der Waals surface area contributed by atoms with Crippen molar-refractivity contribution in [2.24, 2.45) is 0 Å². The maximum absolute atomic E-state index is 12.3. The third-order valence-electron chi connectivity index (χ3n) is 3.68. The number of rotatable bonds is 6. The molecular weight excluding hydrogens is 302 g/mol. The molecule has 24 heavy (non-hydrogen) atoms. The van der Waals surface area contributed by atoms with Gasteiger partial charge in [-0.15, -0.1) is 0 Å². The van der Waals surface area contributed by atoms with Gasteiger partial charge >= 0.3 is 0 Å². The summed E-state index contributed by atoms with van der Waals surface area (Å²) >= 11 is 0. The first kappa shape index (κ1) is 16.2. The summed E-state index contributed by atoms with van der Waals surface area (Å²) in [6.45, 7) is 4.95. The van der Waals surface area contributed by atoms with Crippen LogP contribution in [-0.4, -0.2) is 34.8 Å². The summed E-state index contributed by atoms with van der Waals surface area (Å²) in [6, 6.07) is 15.5. The van der Waals surface area contributed by atoms with Crippen molar-refractivity contribution >= 4 is 11.4 Å². The van der Waals surface area contributed by atoms with Crippen LogP contribution in [0.5, 0.6) is 0 Å². The van der Waals surface area contributed by atoms with Crippen LogP contribution in [-0.2, 0) is 4.74 Å². The van der Waals surface area contributed by atoms with E-state index in [0.717, 1.165) is 16.8 Å². The Bertz CT molecular complexity index is 839. The van der Waals surface area contributed by atoms with E-state index in [-0.39, 0.29) is 12.0 Å². The molecule has 0 aliphatic rings. The highest BCUT2D eigenvalue weighted by Gasteiger charge is 2.09. The Morgan fingerprint density at radius 2 is 2.04 bits per heavy atom. The van der Waals surface area contributed by atoms with E-state index in [1.165, 1.54) is 0 Å². The van der Waals surface area contributed by atoms with E-state index in [9.17, 15) is 4.79 Å². The molecule has 2 heterocycles. The third-order valence-corrected chi connectivity index (χ3v) is 3.68. The molecule has 0 unspecified atom stereocenters. The minimum atomic E-state index is -0.100. The zero-order valence-electron chi connectivity index (χ0n) is 13.9. The molecule has 3 rings (SSSR count). The molecule has 0 radical (unpaired) electrons. The summed E-state index contributed by atoms with van der Waals surface area (Å²) in [5.74, 6) is -0.100. The zero-order valence-corrected chi connectivity index (χ0v) is 13.9. The van der Waals surface area contributed by atoms with Gasteiger partial charge < -0.3 is 10.1 Å². The van der Waals surface area contributed by atoms with Gasteiger partial charge in [0, 0.05) is 17.7 Å². The number of pyridine rings is 1. The van der Waals surface area contributed by atoms with Crippen molar-refractivity contribution < 1.29 is 9.53 Å². The van der Waals surface area contributed by atoms with Crippen LogP contribution >= 0.6 is 0 Å². The highest BCUT2D eigenvalue weighted by molar-refractivity contribution is 5.95. The number of carbonyl (C=O) groups is 1. The molecule has 0 saturated carbocycles. The number of benzene rings is 1. The average molecular weight is 323 g/mol. The number of nitrogens with one attached hydrogen (secondary N) is 1. The van der Waals surface area contributed by atoms with Gasteiger partial charge in [0.2, 0.25) is 0 Å². The lowest BCUT2D eigenvalue weighted by Crippen LogP contribution is -2.28. The molecule has 2 aromatic heterocycles. The van der Waals surface area contributed by atoms with Crippen LogP contribution in [0, 0.1) is 0 Å². The second-order valence-corrected chi connectivity index (χ2v) is 5.84. The molecule has 0 aliphatic heterocycles. The Morgan fingerprint density at radius 1 is 1.21 bits per heavy atom. The van der Waals surface area contributed by atoms with Crippen molar-refractivity contribution in [1.29, 1.82) is 0 Å². The van der Waals surface area contributed by atoms with Crippen LogP contribution in [0.2, 0.25) is 0 Å². The van der Waals surface area contributed by atoms with Gasteiger partial charge in [-0.05, 0) is 44.2 Å². The van der Waals surface area contributed by atoms with Gasteiger partial charge in [-0.2, -0.15) is 5.10 Å². The largest absolute Gasteiger partial charge is 0.377 e. The van der Waals surface area contributed by atoms with Crippen LogP contribution in [0.25, 0.3) is 16.8 Å². The third kappa shape index (κ3) is 3.63. The molecule has 5 nitrogen and oxygen atoms in total. The second kappa shape index (κ2) is 7.27. The fraction of sp³-hybridized carbons (Fsp3) is 0.263. The molecule has 0 bridgehead atoms. The van der Waals surface area contributed by atoms with Crippen LogP contribution in [0.3, 0.4) is 0 Å². The minimum absolute atomic E-state index is 0.100. The monoisotopic (exact) mass is 323 g/mol. The summed E-state index contributed by atoms with van der Waals surface area (Å²) in [6.07, 6.45) is 1.93. The van der Waals surface area contributed by atoms with Crippen molar-refractivity contribution in [3.63, 3.8) is 0 Å². The number of carbonyl (C=O) groups excluding carboxylic acids is 1. The van der Waals surface area contributed by atoms with Gasteiger partial charge in [0.15, 0.2) is 0 Å². The van der Waals surface area contributed by atoms with Crippen molar-refractivity contribution in [2.45, 2.75) is 20.0 Å². The quantitative estimate of drug-likeness (QED) is 0.709. The predicted molar refractivity (Wildman–Crippen MR) is 94.0 cm³/mol. The predicted octanol–water partition coefficient (Wildman–Crippen LogP) is 3.16. The second-order valence-electron chi connectivity index (χ2n) is 5.84. The highest BCUT2D eigenvalue weighted by Crippen LogP contribution is 2.21. The molecule has 1 aromatic carbocycles. The summed E-state index contributed by atoms with van der Waals surface area (Å²) in [5.41, 5.74) is 3.56. The maximum atomic E-state index is 12.3. The SMILES string of the molecule is CC(C)OCCNC(=O)c1cccc(-c2cccc3ccnn23)c1. The molecule has 0 saturated heterocycles. The van der Waals surface area contributed by atoms with E-state index >= 15 is 0 Å². The molecule has 0 atom stereocenters. The molecule has 3 aromatic rings. The zero-order chi connectivity index (χ0) is 16.9. The van der Waals surface area contributed by atoms with Crippen LogP contribution in [0.1, 0.15) is 24.2 Å². The summed E-state index contributed by atoms with van der Waals surface area (Å²) in [5, 5.41) is 7.23. The van der Waals surface area contributed by atoms with Gasteiger partial charge in [-0.25, -0.2) is 4.52 Å². The first-order valence-corrected chi connectivity index (χ1v) is 8.08. The Labute approximate surface area is 141 Å². The maximum Gasteiger partial charge on any atom is 0.251 e. The van der Waals surface area contributed by atoms with E-state index in [0.29, 0.717) is 18.7 Å². The van der Waals surface area contributed by atoms with Gasteiger partial charge in [0.05, 0.1) is 30.1 Å². The fourth-order valence-electron chi connectivity index (χ4n) is 2.55. The molecule has 0 fully saturated rings. The number of hydrogen-bond donors (Lipinski definition) is 1. The molecule has 0 aliphatic carbocycles. The summed E-state index contributed by atoms with van der Waals surface area (Å²) in [4.78, 5) is 12.3. The standard InChI is InChI=1S/C19H21N3O2/c1-14(2)24-12-11-20-19(23)16-6-3-5-15(13-16)18-8-4-7-17-9-10-21-22(17)18/h3-10,13-14H,11-12H2,1-2H3,(H,20,23). The van der Waals surface area contributed by atoms with E-state index in [2.05, 4.69) is 10.4 Å². The lowest BCUT2D eigenvalue weighted by atomic mass is 10.1. The number of aromatic nitrogens is 2. The number of ether oxygens (including phenoxy) is 1. The lowest BCUT2D eigenvalue weighted by Gasteiger charge is -2.10. The van der Waals surface area contributed by atoms with E-state index in [4.69, 9.17) is 4.74 Å². The molecule has 0 spiro atoms. The first-order valence-electron chi connectivity index (χ1n) is 8.08. The van der Waals surface area contributed by atoms with Crippen LogP contribution in [0.15, 0.2) is 54.7 Å². The van der Waals surface area contributed by atoms with Gasteiger partial charge in [-0.3, -0.25) is 4.79 Å². The topological polar surface area (TPSA) is 55.6 Å². The molecule has 5 heteroatoms. The van der Waals surface area contributed by atoms with Crippen molar-refractivity contribution in [2.75, 3.05) is 13.2 Å². The fourth-order valence-corrected chi connectivity index (χ4v) is 2.55. The molecule has 124 valence electrons. The van der Waals surface area contributed by atoms with Gasteiger partial charge in [-0.1, -0.05) is 18.2 Å². The number of fused-ring (bicyclic) bond motifs is 1. The number of nitrogens with zero attached hydrogens (tertiary/aromatic N) is 2. The molecule has 1 amide bonds. The lowest BCUT2D eigenvalue weighted by molar-refractivity contribution is 0.0746. The van der Waals surface area contributed by atoms with Crippen LogP contribution < -0.4 is 5.32 Å². The smallest absolute Gasteiger partial charge is 0.251 e. The van der Waals surface area contributed by atoms with E-state index in [1.807, 2.05) is 66.9 Å². The Kier molecular flexibility index (Phi) is 4.91. The van der Waals surface area contributed by atoms with Crippen molar-refractivity contribution in [3.8, 4) is 11.3 Å². The molecular formula is C19H21N3O2. The summed E-state index contributed by atoms with van der Waals surface area (Å²) in [7, 11) is 0. The molecule has 1 N–H and O–H groups in total. The Morgan fingerprint density at radius 3 is 2.88 bits per heavy atom.